The van der Waals surface area contributed by atoms with Gasteiger partial charge in [0.05, 0.1) is 6.61 Å². The minimum atomic E-state index is 0.538. The lowest BCUT2D eigenvalue weighted by atomic mass is 9.97. The van der Waals surface area contributed by atoms with Crippen LogP contribution in [0, 0.1) is 17.8 Å². The summed E-state index contributed by atoms with van der Waals surface area (Å²) in [5, 5.41) is 3.53. The first-order chi connectivity index (χ1) is 9.35. The van der Waals surface area contributed by atoms with Crippen LogP contribution in [-0.4, -0.2) is 13.7 Å². The van der Waals surface area contributed by atoms with Gasteiger partial charge in [0.2, 0.25) is 0 Å². The lowest BCUT2D eigenvalue weighted by Crippen LogP contribution is -2.20. The van der Waals surface area contributed by atoms with Crippen molar-refractivity contribution in [1.82, 2.24) is 5.32 Å². The highest BCUT2D eigenvalue weighted by molar-refractivity contribution is 5.31. The molecule has 0 heterocycles. The molecule has 0 spiro atoms. The largest absolute Gasteiger partial charge is 0.494 e. The Hall–Kier alpha value is -1.02. The second-order valence-electron chi connectivity index (χ2n) is 6.02. The Balaban J connectivity index is 1.66. The number of fused-ring (bicyclic) bond motifs is 1. The second-order valence-corrected chi connectivity index (χ2v) is 6.02. The normalized spacial score (nSPS) is 29.9. The Morgan fingerprint density at radius 2 is 1.89 bits per heavy atom. The Morgan fingerprint density at radius 3 is 2.47 bits per heavy atom. The highest BCUT2D eigenvalue weighted by atomic mass is 16.5. The molecule has 0 aromatic heterocycles. The van der Waals surface area contributed by atoms with Crippen LogP contribution in [0.2, 0.25) is 0 Å². The fourth-order valence-electron chi connectivity index (χ4n) is 3.94. The van der Waals surface area contributed by atoms with E-state index in [1.54, 1.807) is 0 Å². The first kappa shape index (κ1) is 13.0. The van der Waals surface area contributed by atoms with Crippen molar-refractivity contribution in [3.8, 4) is 5.75 Å². The van der Waals surface area contributed by atoms with Gasteiger partial charge >= 0.3 is 0 Å². The third-order valence-corrected chi connectivity index (χ3v) is 4.88. The SMILES string of the molecule is CCCOc1ccc(C(NC)C2C3CCCC32)cc1. The molecule has 0 bridgehead atoms. The third kappa shape index (κ3) is 2.51. The van der Waals surface area contributed by atoms with E-state index < -0.39 is 0 Å². The van der Waals surface area contributed by atoms with E-state index in [-0.39, 0.29) is 0 Å². The van der Waals surface area contributed by atoms with Crippen molar-refractivity contribution >= 4 is 0 Å². The summed E-state index contributed by atoms with van der Waals surface area (Å²) in [6, 6.07) is 9.25. The number of rotatable bonds is 6. The average Bonchev–Trinajstić information content (AvgIpc) is 2.91. The van der Waals surface area contributed by atoms with Gasteiger partial charge in [-0.15, -0.1) is 0 Å². The summed E-state index contributed by atoms with van der Waals surface area (Å²) in [5.74, 6) is 3.86. The molecule has 2 heteroatoms. The van der Waals surface area contributed by atoms with Crippen molar-refractivity contribution in [2.45, 2.75) is 38.6 Å². The van der Waals surface area contributed by atoms with Gasteiger partial charge < -0.3 is 10.1 Å². The zero-order valence-corrected chi connectivity index (χ0v) is 12.1. The van der Waals surface area contributed by atoms with Gasteiger partial charge in [0.25, 0.3) is 0 Å². The van der Waals surface area contributed by atoms with Crippen molar-refractivity contribution in [1.29, 1.82) is 0 Å². The average molecular weight is 259 g/mol. The first-order valence-corrected chi connectivity index (χ1v) is 7.75. The Labute approximate surface area is 116 Å². The maximum Gasteiger partial charge on any atom is 0.119 e. The van der Waals surface area contributed by atoms with Gasteiger partial charge in [0.1, 0.15) is 5.75 Å². The summed E-state index contributed by atoms with van der Waals surface area (Å²) in [4.78, 5) is 0. The molecule has 0 aliphatic heterocycles. The predicted molar refractivity (Wildman–Crippen MR) is 78.3 cm³/mol. The zero-order valence-electron chi connectivity index (χ0n) is 12.1. The summed E-state index contributed by atoms with van der Waals surface area (Å²) < 4.78 is 5.65. The summed E-state index contributed by atoms with van der Waals surface area (Å²) in [6.45, 7) is 2.94. The molecular formula is C17H25NO. The molecule has 0 radical (unpaired) electrons. The van der Waals surface area contributed by atoms with Crippen LogP contribution in [0.15, 0.2) is 24.3 Å². The minimum absolute atomic E-state index is 0.538. The molecule has 0 amide bonds. The number of ether oxygens (including phenoxy) is 1. The number of hydrogen-bond acceptors (Lipinski definition) is 2. The van der Waals surface area contributed by atoms with E-state index in [0.717, 1.165) is 36.5 Å². The predicted octanol–water partition coefficient (Wildman–Crippen LogP) is 3.78. The monoisotopic (exact) mass is 259 g/mol. The summed E-state index contributed by atoms with van der Waals surface area (Å²) >= 11 is 0. The van der Waals surface area contributed by atoms with Crippen molar-refractivity contribution in [3.05, 3.63) is 29.8 Å². The van der Waals surface area contributed by atoms with E-state index >= 15 is 0 Å². The fourth-order valence-corrected chi connectivity index (χ4v) is 3.94. The van der Waals surface area contributed by atoms with E-state index in [9.17, 15) is 0 Å². The van der Waals surface area contributed by atoms with Crippen molar-refractivity contribution in [2.24, 2.45) is 17.8 Å². The topological polar surface area (TPSA) is 21.3 Å². The molecule has 2 aliphatic carbocycles. The molecule has 3 rings (SSSR count). The van der Waals surface area contributed by atoms with Gasteiger partial charge in [0, 0.05) is 6.04 Å². The highest BCUT2D eigenvalue weighted by Crippen LogP contribution is 2.62. The maximum atomic E-state index is 5.65. The van der Waals surface area contributed by atoms with Crippen LogP contribution in [-0.2, 0) is 0 Å². The molecule has 104 valence electrons. The smallest absolute Gasteiger partial charge is 0.119 e. The van der Waals surface area contributed by atoms with Crippen LogP contribution in [0.1, 0.15) is 44.2 Å². The van der Waals surface area contributed by atoms with Crippen molar-refractivity contribution in [2.75, 3.05) is 13.7 Å². The van der Waals surface area contributed by atoms with E-state index in [2.05, 4.69) is 43.6 Å². The first-order valence-electron chi connectivity index (χ1n) is 7.75. The highest BCUT2D eigenvalue weighted by Gasteiger charge is 2.55. The lowest BCUT2D eigenvalue weighted by Gasteiger charge is -2.19. The molecule has 2 nitrogen and oxygen atoms in total. The Bertz CT molecular complexity index is 404. The number of benzene rings is 1. The van der Waals surface area contributed by atoms with Crippen molar-refractivity contribution in [3.63, 3.8) is 0 Å². The standard InChI is InChI=1S/C17H25NO/c1-3-11-19-13-9-7-12(8-10-13)17(18-2)16-14-5-4-6-15(14)16/h7-10,14-18H,3-6,11H2,1-2H3. The molecule has 2 fully saturated rings. The summed E-state index contributed by atoms with van der Waals surface area (Å²) in [5.41, 5.74) is 1.42. The molecule has 0 saturated heterocycles. The molecule has 3 atom stereocenters. The Morgan fingerprint density at radius 1 is 1.21 bits per heavy atom. The summed E-state index contributed by atoms with van der Waals surface area (Å²) in [6.07, 6.45) is 5.41. The van der Waals surface area contributed by atoms with Crippen LogP contribution in [0.3, 0.4) is 0 Å². The van der Waals surface area contributed by atoms with Gasteiger partial charge in [-0.2, -0.15) is 0 Å². The van der Waals surface area contributed by atoms with E-state index in [0.29, 0.717) is 6.04 Å². The van der Waals surface area contributed by atoms with E-state index in [1.807, 2.05) is 0 Å². The molecule has 1 N–H and O–H groups in total. The Kier molecular flexibility index (Phi) is 3.79. The molecule has 19 heavy (non-hydrogen) atoms. The fraction of sp³-hybridized carbons (Fsp3) is 0.647. The lowest BCUT2D eigenvalue weighted by molar-refractivity contribution is 0.317. The summed E-state index contributed by atoms with van der Waals surface area (Å²) in [7, 11) is 2.10. The second kappa shape index (κ2) is 5.54. The van der Waals surface area contributed by atoms with Gasteiger partial charge in [-0.25, -0.2) is 0 Å². The van der Waals surface area contributed by atoms with Gasteiger partial charge in [0.15, 0.2) is 0 Å². The van der Waals surface area contributed by atoms with Crippen LogP contribution in [0.25, 0.3) is 0 Å². The number of nitrogens with one attached hydrogen (secondary N) is 1. The molecule has 3 unspecified atom stereocenters. The molecule has 1 aromatic rings. The molecule has 2 saturated carbocycles. The van der Waals surface area contributed by atoms with Crippen LogP contribution in [0.4, 0.5) is 0 Å². The molecule has 2 aliphatic rings. The van der Waals surface area contributed by atoms with Crippen molar-refractivity contribution < 1.29 is 4.74 Å². The molecular weight excluding hydrogens is 234 g/mol. The molecule has 1 aromatic carbocycles. The van der Waals surface area contributed by atoms with Gasteiger partial charge in [-0.1, -0.05) is 25.5 Å². The number of hydrogen-bond donors (Lipinski definition) is 1. The van der Waals surface area contributed by atoms with Crippen LogP contribution < -0.4 is 10.1 Å². The third-order valence-electron chi connectivity index (χ3n) is 4.88. The van der Waals surface area contributed by atoms with Gasteiger partial charge in [-0.3, -0.25) is 0 Å². The quantitative estimate of drug-likeness (QED) is 0.839. The minimum Gasteiger partial charge on any atom is -0.494 e. The van der Waals surface area contributed by atoms with Crippen LogP contribution >= 0.6 is 0 Å². The van der Waals surface area contributed by atoms with E-state index in [4.69, 9.17) is 4.74 Å². The van der Waals surface area contributed by atoms with Gasteiger partial charge in [-0.05, 0) is 61.8 Å². The zero-order chi connectivity index (χ0) is 13.2. The maximum absolute atomic E-state index is 5.65. The van der Waals surface area contributed by atoms with E-state index in [1.165, 1.54) is 24.8 Å². The van der Waals surface area contributed by atoms with Crippen LogP contribution in [0.5, 0.6) is 5.75 Å².